The maximum atomic E-state index is 10.2. The normalized spacial score (nSPS) is 12.9. The van der Waals surface area contributed by atoms with Crippen LogP contribution in [-0.4, -0.2) is 21.9 Å². The van der Waals surface area contributed by atoms with Crippen LogP contribution < -0.4 is 4.74 Å². The van der Waals surface area contributed by atoms with Gasteiger partial charge in [-0.25, -0.2) is 0 Å². The lowest BCUT2D eigenvalue weighted by Gasteiger charge is -2.01. The number of rotatable bonds is 4. The average molecular weight is 228 g/mol. The number of hydrogen-bond donors (Lipinski definition) is 2. The molecule has 0 radical (unpaired) electrons. The molecule has 0 aliphatic carbocycles. The van der Waals surface area contributed by atoms with Crippen LogP contribution in [0.4, 0.5) is 0 Å². The minimum atomic E-state index is -2.95. The minimum Gasteiger partial charge on any atom is -0.448 e. The van der Waals surface area contributed by atoms with E-state index in [-0.39, 0.29) is 6.79 Å². The van der Waals surface area contributed by atoms with E-state index in [0.29, 0.717) is 5.88 Å². The van der Waals surface area contributed by atoms with Gasteiger partial charge in [-0.1, -0.05) is 12.1 Å². The number of fused-ring (bicyclic) bond motifs is 1. The van der Waals surface area contributed by atoms with E-state index in [1.807, 2.05) is 24.3 Å². The van der Waals surface area contributed by atoms with E-state index in [1.165, 1.54) is 0 Å². The van der Waals surface area contributed by atoms with Crippen molar-refractivity contribution in [3.8, 4) is 5.88 Å². The molecule has 7 heteroatoms. The van der Waals surface area contributed by atoms with Crippen LogP contribution in [0.3, 0.4) is 0 Å². The Hall–Kier alpha value is -1.36. The number of ether oxygens (including phenoxy) is 1. The summed E-state index contributed by atoms with van der Waals surface area (Å²) in [6, 6.07) is 7.40. The van der Waals surface area contributed by atoms with E-state index >= 15 is 0 Å². The van der Waals surface area contributed by atoms with Crippen LogP contribution in [0.5, 0.6) is 5.88 Å². The van der Waals surface area contributed by atoms with E-state index in [4.69, 9.17) is 9.63 Å². The Morgan fingerprint density at radius 1 is 1.47 bits per heavy atom. The van der Waals surface area contributed by atoms with Gasteiger partial charge in [0.05, 0.1) is 10.9 Å². The smallest absolute Gasteiger partial charge is 0.319 e. The van der Waals surface area contributed by atoms with Crippen LogP contribution in [0.15, 0.2) is 24.3 Å². The molecule has 2 rings (SSSR count). The number of aromatic nitrogens is 2. The van der Waals surface area contributed by atoms with Gasteiger partial charge in [0.2, 0.25) is 5.88 Å². The van der Waals surface area contributed by atoms with Crippen LogP contribution >= 0.6 is 8.25 Å². The first-order valence-corrected chi connectivity index (χ1v) is 5.45. The number of nitrogens with zero attached hydrogens (tertiary/aromatic N) is 1. The predicted octanol–water partition coefficient (Wildman–Crippen LogP) is 1.30. The van der Waals surface area contributed by atoms with E-state index < -0.39 is 8.25 Å². The number of aromatic amines is 1. The van der Waals surface area contributed by atoms with Gasteiger partial charge < -0.3 is 9.63 Å². The Morgan fingerprint density at radius 2 is 2.27 bits per heavy atom. The van der Waals surface area contributed by atoms with Crippen LogP contribution in [0.2, 0.25) is 0 Å². The van der Waals surface area contributed by atoms with Crippen LogP contribution in [0, 0.1) is 0 Å². The second kappa shape index (κ2) is 4.44. The predicted molar refractivity (Wildman–Crippen MR) is 53.9 cm³/mol. The Kier molecular flexibility index (Phi) is 3.01. The third kappa shape index (κ3) is 2.36. The second-order valence-corrected chi connectivity index (χ2v) is 3.57. The van der Waals surface area contributed by atoms with Gasteiger partial charge in [0.15, 0.2) is 6.79 Å². The maximum absolute atomic E-state index is 10.2. The Morgan fingerprint density at radius 3 is 3.07 bits per heavy atom. The molecule has 15 heavy (non-hydrogen) atoms. The molecular formula is C8H9N2O4P. The van der Waals surface area contributed by atoms with E-state index in [9.17, 15) is 4.57 Å². The zero-order chi connectivity index (χ0) is 10.7. The van der Waals surface area contributed by atoms with Gasteiger partial charge in [-0.05, 0) is 12.1 Å². The van der Waals surface area contributed by atoms with Crippen molar-refractivity contribution in [3.05, 3.63) is 24.3 Å². The highest BCUT2D eigenvalue weighted by Gasteiger charge is 2.05. The van der Waals surface area contributed by atoms with Crippen molar-refractivity contribution in [2.75, 3.05) is 6.79 Å². The fourth-order valence-corrected chi connectivity index (χ4v) is 1.34. The van der Waals surface area contributed by atoms with Gasteiger partial charge in [-0.2, -0.15) is 0 Å². The third-order valence-electron chi connectivity index (χ3n) is 1.81. The summed E-state index contributed by atoms with van der Waals surface area (Å²) in [5.41, 5.74) is 0.837. The summed E-state index contributed by atoms with van der Waals surface area (Å²) in [5.74, 6) is 0.355. The highest BCUT2D eigenvalue weighted by molar-refractivity contribution is 7.32. The molecule has 0 bridgehead atoms. The van der Waals surface area contributed by atoms with E-state index in [0.717, 1.165) is 10.9 Å². The van der Waals surface area contributed by atoms with Gasteiger partial charge in [0.25, 0.3) is 0 Å². The molecule has 1 aromatic carbocycles. The summed E-state index contributed by atoms with van der Waals surface area (Å²) in [6.45, 7) is -0.289. The van der Waals surface area contributed by atoms with E-state index in [2.05, 4.69) is 14.7 Å². The van der Waals surface area contributed by atoms with Crippen molar-refractivity contribution >= 4 is 19.2 Å². The molecule has 0 saturated heterocycles. The number of benzene rings is 1. The van der Waals surface area contributed by atoms with Crippen molar-refractivity contribution in [2.24, 2.45) is 0 Å². The van der Waals surface area contributed by atoms with Gasteiger partial charge in [0.1, 0.15) is 0 Å². The molecule has 0 spiro atoms. The first-order chi connectivity index (χ1) is 7.27. The number of para-hydroxylation sites is 1. The molecule has 0 aliphatic heterocycles. The van der Waals surface area contributed by atoms with Crippen LogP contribution in [-0.2, 0) is 9.09 Å². The van der Waals surface area contributed by atoms with Crippen LogP contribution in [0.25, 0.3) is 10.9 Å². The lowest BCUT2D eigenvalue weighted by molar-refractivity contribution is 0.112. The Balaban J connectivity index is 2.11. The number of H-pyrrole nitrogens is 1. The molecule has 1 atom stereocenters. The summed E-state index contributed by atoms with van der Waals surface area (Å²) in [5, 5.41) is 7.46. The highest BCUT2D eigenvalue weighted by Crippen LogP contribution is 2.22. The summed E-state index contributed by atoms with van der Waals surface area (Å²) >= 11 is 0. The average Bonchev–Trinajstić information content (AvgIpc) is 2.62. The van der Waals surface area contributed by atoms with Gasteiger partial charge >= 0.3 is 8.25 Å². The topological polar surface area (TPSA) is 84.4 Å². The zero-order valence-electron chi connectivity index (χ0n) is 7.64. The van der Waals surface area contributed by atoms with Crippen molar-refractivity contribution < 1.29 is 18.7 Å². The second-order valence-electron chi connectivity index (χ2n) is 2.75. The fraction of sp³-hybridized carbons (Fsp3) is 0.125. The van der Waals surface area contributed by atoms with Crippen molar-refractivity contribution in [2.45, 2.75) is 0 Å². The molecule has 0 saturated carbocycles. The fourth-order valence-electron chi connectivity index (χ4n) is 1.18. The molecule has 1 heterocycles. The quantitative estimate of drug-likeness (QED) is 0.608. The van der Waals surface area contributed by atoms with E-state index in [1.54, 1.807) is 0 Å². The molecule has 0 aliphatic rings. The SMILES string of the molecule is O=[PH](O)OCOc1n[nH]c2ccccc12. The Bertz CT molecular complexity index is 484. The summed E-state index contributed by atoms with van der Waals surface area (Å²) in [4.78, 5) is 8.41. The maximum Gasteiger partial charge on any atom is 0.319 e. The zero-order valence-corrected chi connectivity index (χ0v) is 8.64. The molecular weight excluding hydrogens is 219 g/mol. The minimum absolute atomic E-state index is 0.289. The standard InChI is InChI=1S/C8H9N2O4P/c11-15(12)14-5-13-8-6-3-1-2-4-7(6)9-10-8/h1-4,15H,5H2,(H,9,10)(H,11,12). The molecule has 0 amide bonds. The first kappa shape index (κ1) is 10.2. The largest absolute Gasteiger partial charge is 0.448 e. The lowest BCUT2D eigenvalue weighted by atomic mass is 10.2. The first-order valence-electron chi connectivity index (χ1n) is 4.19. The molecule has 1 unspecified atom stereocenters. The molecule has 80 valence electrons. The van der Waals surface area contributed by atoms with Crippen molar-refractivity contribution in [1.82, 2.24) is 10.2 Å². The molecule has 2 N–H and O–H groups in total. The highest BCUT2D eigenvalue weighted by atomic mass is 31.1. The van der Waals surface area contributed by atoms with Gasteiger partial charge in [0, 0.05) is 0 Å². The number of nitrogens with one attached hydrogen (secondary N) is 1. The van der Waals surface area contributed by atoms with Crippen molar-refractivity contribution in [1.29, 1.82) is 0 Å². The summed E-state index contributed by atoms with van der Waals surface area (Å²) in [6.07, 6.45) is 0. The molecule has 6 nitrogen and oxygen atoms in total. The number of hydrogen-bond acceptors (Lipinski definition) is 4. The molecule has 2 aromatic rings. The molecule has 1 aromatic heterocycles. The third-order valence-corrected chi connectivity index (χ3v) is 2.18. The lowest BCUT2D eigenvalue weighted by Crippen LogP contribution is -1.98. The Labute approximate surface area is 85.8 Å². The molecule has 0 fully saturated rings. The summed E-state index contributed by atoms with van der Waals surface area (Å²) < 4.78 is 19.7. The van der Waals surface area contributed by atoms with Gasteiger partial charge in [-0.3, -0.25) is 14.2 Å². The summed E-state index contributed by atoms with van der Waals surface area (Å²) in [7, 11) is -2.95. The van der Waals surface area contributed by atoms with Gasteiger partial charge in [-0.15, -0.1) is 5.10 Å². The van der Waals surface area contributed by atoms with Crippen molar-refractivity contribution in [3.63, 3.8) is 0 Å². The monoisotopic (exact) mass is 228 g/mol. The van der Waals surface area contributed by atoms with Crippen LogP contribution in [0.1, 0.15) is 0 Å².